The largest absolute Gasteiger partial charge is 0.398 e. The van der Waals surface area contributed by atoms with Crippen LogP contribution in [0.15, 0.2) is 33.6 Å². The average molecular weight is 391 g/mol. The third-order valence-corrected chi connectivity index (χ3v) is 5.11. The van der Waals surface area contributed by atoms with Gasteiger partial charge in [0.1, 0.15) is 5.15 Å². The number of nitrogens with zero attached hydrogens (tertiary/aromatic N) is 1. The second kappa shape index (κ2) is 5.82. The Morgan fingerprint density at radius 1 is 1.29 bits per heavy atom. The fourth-order valence-corrected chi connectivity index (χ4v) is 4.03. The van der Waals surface area contributed by atoms with Gasteiger partial charge in [0.05, 0.1) is 16.3 Å². The summed E-state index contributed by atoms with van der Waals surface area (Å²) in [6.45, 7) is 3.33. The van der Waals surface area contributed by atoms with Gasteiger partial charge in [0.25, 0.3) is 10.0 Å². The van der Waals surface area contributed by atoms with E-state index in [1.165, 1.54) is 12.1 Å². The van der Waals surface area contributed by atoms with Crippen LogP contribution >= 0.6 is 27.5 Å². The van der Waals surface area contributed by atoms with E-state index in [-0.39, 0.29) is 4.90 Å². The number of hydrogen-bond acceptors (Lipinski definition) is 4. The van der Waals surface area contributed by atoms with Crippen molar-refractivity contribution in [1.29, 1.82) is 0 Å². The second-order valence-corrected chi connectivity index (χ2v) is 7.44. The number of nitrogen functional groups attached to an aromatic ring is 1. The third kappa shape index (κ3) is 3.48. The summed E-state index contributed by atoms with van der Waals surface area (Å²) in [7, 11) is -3.77. The molecule has 0 amide bonds. The lowest BCUT2D eigenvalue weighted by molar-refractivity contribution is 0.600. The molecule has 0 aliphatic carbocycles. The number of pyridine rings is 1. The van der Waals surface area contributed by atoms with Crippen molar-refractivity contribution in [3.05, 3.63) is 45.1 Å². The number of hydrogen-bond donors (Lipinski definition) is 2. The highest BCUT2D eigenvalue weighted by Gasteiger charge is 2.20. The second-order valence-electron chi connectivity index (χ2n) is 4.49. The lowest BCUT2D eigenvalue weighted by atomic mass is 10.2. The van der Waals surface area contributed by atoms with E-state index in [9.17, 15) is 8.42 Å². The van der Waals surface area contributed by atoms with Crippen molar-refractivity contribution in [1.82, 2.24) is 4.98 Å². The van der Waals surface area contributed by atoms with Gasteiger partial charge in [-0.15, -0.1) is 0 Å². The first-order chi connectivity index (χ1) is 9.70. The molecule has 0 saturated heterocycles. The van der Waals surface area contributed by atoms with Gasteiger partial charge < -0.3 is 5.73 Å². The molecule has 0 aliphatic heterocycles. The Bertz CT molecular complexity index is 809. The summed E-state index contributed by atoms with van der Waals surface area (Å²) in [6.07, 6.45) is 0. The van der Waals surface area contributed by atoms with Crippen LogP contribution < -0.4 is 10.5 Å². The summed E-state index contributed by atoms with van der Waals surface area (Å²) in [5, 5.41) is 0.304. The number of nitrogens with two attached hydrogens (primary N) is 1. The van der Waals surface area contributed by atoms with Gasteiger partial charge in [0, 0.05) is 10.2 Å². The van der Waals surface area contributed by atoms with Gasteiger partial charge in [0.15, 0.2) is 0 Å². The molecule has 1 aromatic heterocycles. The molecule has 0 aliphatic rings. The van der Waals surface area contributed by atoms with Crippen LogP contribution in [0, 0.1) is 13.8 Å². The van der Waals surface area contributed by atoms with Crippen LogP contribution in [0.1, 0.15) is 11.3 Å². The minimum Gasteiger partial charge on any atom is -0.398 e. The van der Waals surface area contributed by atoms with Gasteiger partial charge in [-0.3, -0.25) is 4.72 Å². The first-order valence-corrected chi connectivity index (χ1v) is 8.57. The normalized spacial score (nSPS) is 11.4. The summed E-state index contributed by atoms with van der Waals surface area (Å²) in [5.41, 5.74) is 7.56. The van der Waals surface area contributed by atoms with Crippen LogP contribution in [0.25, 0.3) is 0 Å². The van der Waals surface area contributed by atoms with Crippen molar-refractivity contribution in [2.45, 2.75) is 18.7 Å². The molecule has 21 heavy (non-hydrogen) atoms. The van der Waals surface area contributed by atoms with Gasteiger partial charge in [-0.25, -0.2) is 13.4 Å². The number of nitrogens with one attached hydrogen (secondary N) is 1. The Morgan fingerprint density at radius 3 is 2.57 bits per heavy atom. The maximum atomic E-state index is 12.5. The number of rotatable bonds is 3. The minimum absolute atomic E-state index is 0.115. The number of anilines is 2. The minimum atomic E-state index is -3.77. The number of aromatic nitrogens is 1. The molecular weight excluding hydrogens is 378 g/mol. The molecule has 0 fully saturated rings. The quantitative estimate of drug-likeness (QED) is 0.620. The van der Waals surface area contributed by atoms with Crippen LogP contribution in [0.5, 0.6) is 0 Å². The Hall–Kier alpha value is -1.31. The van der Waals surface area contributed by atoms with Crippen LogP contribution in [-0.2, 0) is 10.0 Å². The maximum absolute atomic E-state index is 12.5. The summed E-state index contributed by atoms with van der Waals surface area (Å²) < 4.78 is 28.1. The van der Waals surface area contributed by atoms with E-state index in [0.29, 0.717) is 32.3 Å². The van der Waals surface area contributed by atoms with Crippen molar-refractivity contribution < 1.29 is 8.42 Å². The van der Waals surface area contributed by atoms with Crippen molar-refractivity contribution in [3.8, 4) is 0 Å². The number of benzene rings is 1. The maximum Gasteiger partial charge on any atom is 0.262 e. The van der Waals surface area contributed by atoms with Crippen molar-refractivity contribution in [2.75, 3.05) is 10.5 Å². The molecule has 0 radical (unpaired) electrons. The summed E-state index contributed by atoms with van der Waals surface area (Å²) in [4.78, 5) is 4.13. The van der Waals surface area contributed by atoms with E-state index < -0.39 is 10.0 Å². The molecule has 0 bridgehead atoms. The Labute approximate surface area is 136 Å². The fourth-order valence-electron chi connectivity index (χ4n) is 1.79. The van der Waals surface area contributed by atoms with Gasteiger partial charge in [0.2, 0.25) is 0 Å². The zero-order valence-electron chi connectivity index (χ0n) is 11.3. The van der Waals surface area contributed by atoms with Crippen molar-refractivity contribution in [3.63, 3.8) is 0 Å². The lowest BCUT2D eigenvalue weighted by Gasteiger charge is -2.13. The number of halogens is 2. The third-order valence-electron chi connectivity index (χ3n) is 2.95. The molecule has 8 heteroatoms. The van der Waals surface area contributed by atoms with E-state index in [4.69, 9.17) is 17.3 Å². The molecule has 0 atom stereocenters. The van der Waals surface area contributed by atoms with E-state index in [1.54, 1.807) is 26.0 Å². The molecular formula is C13H13BrClN3O2S. The monoisotopic (exact) mass is 389 g/mol. The van der Waals surface area contributed by atoms with E-state index in [0.717, 1.165) is 0 Å². The van der Waals surface area contributed by atoms with E-state index >= 15 is 0 Å². The molecule has 0 spiro atoms. The van der Waals surface area contributed by atoms with Crippen LogP contribution in [0.3, 0.4) is 0 Å². The molecule has 0 saturated carbocycles. The van der Waals surface area contributed by atoms with Crippen molar-refractivity contribution in [2.24, 2.45) is 0 Å². The summed E-state index contributed by atoms with van der Waals surface area (Å²) in [5.74, 6) is 0. The van der Waals surface area contributed by atoms with Crippen LogP contribution in [-0.4, -0.2) is 13.4 Å². The Kier molecular flexibility index (Phi) is 4.46. The molecule has 3 N–H and O–H groups in total. The molecule has 0 unspecified atom stereocenters. The van der Waals surface area contributed by atoms with E-state index in [2.05, 4.69) is 25.6 Å². The molecule has 5 nitrogen and oxygen atoms in total. The highest BCUT2D eigenvalue weighted by molar-refractivity contribution is 9.10. The Morgan fingerprint density at radius 2 is 1.95 bits per heavy atom. The smallest absolute Gasteiger partial charge is 0.262 e. The van der Waals surface area contributed by atoms with Crippen LogP contribution in [0.2, 0.25) is 5.15 Å². The van der Waals surface area contributed by atoms with Gasteiger partial charge in [-0.05, 0) is 43.7 Å². The number of aryl methyl sites for hydroxylation is 1. The molecule has 1 aromatic carbocycles. The fraction of sp³-hybridized carbons (Fsp3) is 0.154. The van der Waals surface area contributed by atoms with Crippen molar-refractivity contribution >= 4 is 48.9 Å². The summed E-state index contributed by atoms with van der Waals surface area (Å²) in [6, 6.07) is 6.25. The molecule has 1 heterocycles. The first kappa shape index (κ1) is 16.1. The molecule has 2 aromatic rings. The first-order valence-electron chi connectivity index (χ1n) is 5.92. The van der Waals surface area contributed by atoms with Gasteiger partial charge in [-0.1, -0.05) is 27.5 Å². The average Bonchev–Trinajstić information content (AvgIpc) is 2.37. The highest BCUT2D eigenvalue weighted by Crippen LogP contribution is 2.28. The zero-order valence-corrected chi connectivity index (χ0v) is 14.5. The predicted molar refractivity (Wildman–Crippen MR) is 88.1 cm³/mol. The SMILES string of the molecule is Cc1nc(Cl)ccc1NS(=O)(=O)c1cc(Br)cc(N)c1C. The highest BCUT2D eigenvalue weighted by atomic mass is 79.9. The summed E-state index contributed by atoms with van der Waals surface area (Å²) >= 11 is 9.01. The Balaban J connectivity index is 2.48. The predicted octanol–water partition coefficient (Wildman–Crippen LogP) is 3.50. The number of sulfonamides is 1. The zero-order chi connectivity index (χ0) is 15.8. The topological polar surface area (TPSA) is 85.1 Å². The standard InChI is InChI=1S/C13H13BrClN3O2S/c1-7-10(16)5-9(14)6-12(7)21(19,20)18-11-3-4-13(15)17-8(11)2/h3-6,18H,16H2,1-2H3. The van der Waals surface area contributed by atoms with Gasteiger partial charge in [-0.2, -0.15) is 0 Å². The van der Waals surface area contributed by atoms with E-state index in [1.807, 2.05) is 0 Å². The molecule has 2 rings (SSSR count). The lowest BCUT2D eigenvalue weighted by Crippen LogP contribution is -2.16. The van der Waals surface area contributed by atoms with Gasteiger partial charge >= 0.3 is 0 Å². The van der Waals surface area contributed by atoms with Crippen LogP contribution in [0.4, 0.5) is 11.4 Å². The molecule has 112 valence electrons.